The lowest BCUT2D eigenvalue weighted by atomic mass is 10.00. The highest BCUT2D eigenvalue weighted by molar-refractivity contribution is 5.78. The number of nitrogens with two attached hydrogens (primary N) is 1. The van der Waals surface area contributed by atoms with E-state index < -0.39 is 0 Å². The highest BCUT2D eigenvalue weighted by Gasteiger charge is 2.28. The van der Waals surface area contributed by atoms with Crippen molar-refractivity contribution in [2.24, 2.45) is 11.7 Å². The third kappa shape index (κ3) is 3.27. The van der Waals surface area contributed by atoms with Crippen molar-refractivity contribution in [1.29, 1.82) is 0 Å². The van der Waals surface area contributed by atoms with Gasteiger partial charge in [0.2, 0.25) is 5.91 Å². The lowest BCUT2D eigenvalue weighted by Crippen LogP contribution is -2.42. The number of nitrogens with zero attached hydrogens (tertiary/aromatic N) is 2. The second-order valence-corrected chi connectivity index (χ2v) is 6.48. The number of benzene rings is 1. The van der Waals surface area contributed by atoms with Crippen molar-refractivity contribution >= 4 is 5.91 Å². The quantitative estimate of drug-likeness (QED) is 0.910. The van der Waals surface area contributed by atoms with Crippen LogP contribution in [0.1, 0.15) is 24.5 Å². The summed E-state index contributed by atoms with van der Waals surface area (Å²) in [4.78, 5) is 16.8. The molecule has 1 aromatic carbocycles. The van der Waals surface area contributed by atoms with Gasteiger partial charge >= 0.3 is 0 Å². The highest BCUT2D eigenvalue weighted by atomic mass is 16.2. The maximum absolute atomic E-state index is 12.5. The fourth-order valence-corrected chi connectivity index (χ4v) is 3.44. The van der Waals surface area contributed by atoms with Crippen molar-refractivity contribution in [2.45, 2.75) is 32.4 Å². The minimum Gasteiger partial charge on any atom is -0.337 e. The monoisotopic (exact) mass is 287 g/mol. The van der Waals surface area contributed by atoms with E-state index in [2.05, 4.69) is 36.1 Å². The van der Waals surface area contributed by atoms with Crippen LogP contribution in [0.3, 0.4) is 0 Å². The molecule has 114 valence electrons. The molecule has 2 aliphatic rings. The Morgan fingerprint density at radius 1 is 1.33 bits per heavy atom. The molecular formula is C17H25N3O. The number of likely N-dealkylation sites (tertiary alicyclic amines) is 1. The van der Waals surface area contributed by atoms with Gasteiger partial charge < -0.3 is 10.6 Å². The third-order valence-electron chi connectivity index (χ3n) is 4.89. The second kappa shape index (κ2) is 6.16. The van der Waals surface area contributed by atoms with Crippen LogP contribution in [-0.2, 0) is 17.8 Å². The highest BCUT2D eigenvalue weighted by Crippen LogP contribution is 2.21. The predicted molar refractivity (Wildman–Crippen MR) is 83.8 cm³/mol. The minimum atomic E-state index is 0.229. The van der Waals surface area contributed by atoms with E-state index in [1.165, 1.54) is 11.1 Å². The van der Waals surface area contributed by atoms with E-state index in [-0.39, 0.29) is 11.9 Å². The Hall–Kier alpha value is -1.39. The first-order valence-corrected chi connectivity index (χ1v) is 7.96. The molecule has 4 heteroatoms. The summed E-state index contributed by atoms with van der Waals surface area (Å²) in [5, 5.41) is 0. The van der Waals surface area contributed by atoms with Gasteiger partial charge in [-0.15, -0.1) is 0 Å². The summed E-state index contributed by atoms with van der Waals surface area (Å²) in [5.74, 6) is 0.801. The normalized spacial score (nSPS) is 23.9. The van der Waals surface area contributed by atoms with E-state index in [0.29, 0.717) is 12.5 Å². The summed E-state index contributed by atoms with van der Waals surface area (Å²) in [5.41, 5.74) is 8.65. The van der Waals surface area contributed by atoms with Crippen LogP contribution < -0.4 is 5.73 Å². The Balaban J connectivity index is 1.55. The van der Waals surface area contributed by atoms with Crippen LogP contribution in [0.2, 0.25) is 0 Å². The number of carbonyl (C=O) groups excluding carboxylic acids is 1. The summed E-state index contributed by atoms with van der Waals surface area (Å²) < 4.78 is 0. The van der Waals surface area contributed by atoms with E-state index >= 15 is 0 Å². The van der Waals surface area contributed by atoms with Gasteiger partial charge in [0, 0.05) is 25.7 Å². The van der Waals surface area contributed by atoms with Crippen molar-refractivity contribution < 1.29 is 4.79 Å². The molecular weight excluding hydrogens is 262 g/mol. The van der Waals surface area contributed by atoms with Gasteiger partial charge in [0.25, 0.3) is 0 Å². The molecule has 21 heavy (non-hydrogen) atoms. The molecule has 1 fully saturated rings. The molecule has 2 aliphatic heterocycles. The molecule has 0 aliphatic carbocycles. The molecule has 0 spiro atoms. The summed E-state index contributed by atoms with van der Waals surface area (Å²) >= 11 is 0. The molecule has 0 bridgehead atoms. The van der Waals surface area contributed by atoms with Gasteiger partial charge in [-0.2, -0.15) is 0 Å². The first kappa shape index (κ1) is 14.5. The fourth-order valence-electron chi connectivity index (χ4n) is 3.44. The van der Waals surface area contributed by atoms with Crippen LogP contribution in [0.4, 0.5) is 0 Å². The molecule has 4 nitrogen and oxygen atoms in total. The predicted octanol–water partition coefficient (Wildman–Crippen LogP) is 1.24. The molecule has 1 aromatic rings. The molecule has 1 amide bonds. The van der Waals surface area contributed by atoms with Crippen LogP contribution >= 0.6 is 0 Å². The van der Waals surface area contributed by atoms with Crippen LogP contribution in [0.5, 0.6) is 0 Å². The van der Waals surface area contributed by atoms with Gasteiger partial charge in [-0.1, -0.05) is 24.3 Å². The summed E-state index contributed by atoms with van der Waals surface area (Å²) in [6, 6.07) is 8.67. The summed E-state index contributed by atoms with van der Waals surface area (Å²) in [6.45, 7) is 6.19. The van der Waals surface area contributed by atoms with E-state index in [4.69, 9.17) is 5.73 Å². The average Bonchev–Trinajstić information content (AvgIpc) is 2.95. The van der Waals surface area contributed by atoms with Crippen LogP contribution in [0.25, 0.3) is 0 Å². The van der Waals surface area contributed by atoms with E-state index in [9.17, 15) is 4.79 Å². The van der Waals surface area contributed by atoms with Gasteiger partial charge in [-0.25, -0.2) is 0 Å². The number of hydrogen-bond donors (Lipinski definition) is 1. The lowest BCUT2D eigenvalue weighted by Gasteiger charge is -2.30. The Kier molecular flexibility index (Phi) is 4.27. The topological polar surface area (TPSA) is 49.6 Å². The van der Waals surface area contributed by atoms with Crippen molar-refractivity contribution in [3.05, 3.63) is 35.4 Å². The van der Waals surface area contributed by atoms with Gasteiger partial charge in [0.15, 0.2) is 0 Å². The molecule has 3 rings (SSSR count). The van der Waals surface area contributed by atoms with Crippen molar-refractivity contribution in [3.8, 4) is 0 Å². The zero-order valence-electron chi connectivity index (χ0n) is 12.8. The first-order chi connectivity index (χ1) is 10.1. The molecule has 0 radical (unpaired) electrons. The second-order valence-electron chi connectivity index (χ2n) is 6.48. The maximum Gasteiger partial charge on any atom is 0.237 e. The van der Waals surface area contributed by atoms with Gasteiger partial charge in [0.05, 0.1) is 6.54 Å². The van der Waals surface area contributed by atoms with Gasteiger partial charge in [-0.05, 0) is 43.4 Å². The maximum atomic E-state index is 12.5. The Morgan fingerprint density at radius 3 is 2.81 bits per heavy atom. The largest absolute Gasteiger partial charge is 0.337 e. The van der Waals surface area contributed by atoms with Crippen LogP contribution in [0.15, 0.2) is 24.3 Å². The SMILES string of the molecule is CC(N)C1CCN(CC(=O)N2CCc3ccccc3C2)C1. The number of carbonyl (C=O) groups is 1. The van der Waals surface area contributed by atoms with Gasteiger partial charge in [0.1, 0.15) is 0 Å². The first-order valence-electron chi connectivity index (χ1n) is 7.96. The van der Waals surface area contributed by atoms with Crippen molar-refractivity contribution in [2.75, 3.05) is 26.2 Å². The van der Waals surface area contributed by atoms with E-state index in [1.54, 1.807) is 0 Å². The van der Waals surface area contributed by atoms with Gasteiger partial charge in [-0.3, -0.25) is 9.69 Å². The summed E-state index contributed by atoms with van der Waals surface area (Å²) in [6.07, 6.45) is 2.10. The molecule has 0 saturated carbocycles. The molecule has 1 saturated heterocycles. The molecule has 0 aromatic heterocycles. The molecule has 2 N–H and O–H groups in total. The standard InChI is InChI=1S/C17H25N3O/c1-13(18)15-6-8-19(10-15)12-17(21)20-9-7-14-4-2-3-5-16(14)11-20/h2-5,13,15H,6-12,18H2,1H3. The zero-order chi connectivity index (χ0) is 14.8. The zero-order valence-corrected chi connectivity index (χ0v) is 12.8. The lowest BCUT2D eigenvalue weighted by molar-refractivity contribution is -0.133. The number of rotatable bonds is 3. The minimum absolute atomic E-state index is 0.229. The van der Waals surface area contributed by atoms with E-state index in [1.807, 2.05) is 4.90 Å². The number of hydrogen-bond acceptors (Lipinski definition) is 3. The summed E-state index contributed by atoms with van der Waals surface area (Å²) in [7, 11) is 0. The smallest absolute Gasteiger partial charge is 0.237 e. The van der Waals surface area contributed by atoms with Crippen molar-refractivity contribution in [1.82, 2.24) is 9.80 Å². The van der Waals surface area contributed by atoms with Crippen molar-refractivity contribution in [3.63, 3.8) is 0 Å². The fraction of sp³-hybridized carbons (Fsp3) is 0.588. The Labute approximate surface area is 126 Å². The molecule has 2 heterocycles. The molecule has 2 unspecified atom stereocenters. The Morgan fingerprint density at radius 2 is 2.10 bits per heavy atom. The third-order valence-corrected chi connectivity index (χ3v) is 4.89. The van der Waals surface area contributed by atoms with Crippen LogP contribution in [-0.4, -0.2) is 47.9 Å². The number of amides is 1. The average molecular weight is 287 g/mol. The number of fused-ring (bicyclic) bond motifs is 1. The molecule has 2 atom stereocenters. The van der Waals surface area contributed by atoms with Crippen LogP contribution in [0, 0.1) is 5.92 Å². The Bertz CT molecular complexity index is 515. The van der Waals surface area contributed by atoms with E-state index in [0.717, 1.165) is 39.0 Å².